The van der Waals surface area contributed by atoms with Crippen LogP contribution in [0.3, 0.4) is 0 Å². The van der Waals surface area contributed by atoms with Crippen LogP contribution in [-0.2, 0) is 11.3 Å². The number of rotatable bonds is 3. The third kappa shape index (κ3) is 3.21. The minimum absolute atomic E-state index is 0.238. The van der Waals surface area contributed by atoms with Crippen molar-refractivity contribution in [3.8, 4) is 0 Å². The molecular weight excluding hydrogens is 286 g/mol. The number of carbonyl (C=O) groups excluding carboxylic acids is 1. The molecule has 0 aliphatic carbocycles. The number of nitrogens with zero attached hydrogens (tertiary/aromatic N) is 3. The quantitative estimate of drug-likeness (QED) is 0.870. The summed E-state index contributed by atoms with van der Waals surface area (Å²) in [6.07, 6.45) is 7.02. The Hall–Kier alpha value is -1.55. The van der Waals surface area contributed by atoms with E-state index in [0.29, 0.717) is 18.0 Å². The zero-order valence-electron chi connectivity index (χ0n) is 12.1. The lowest BCUT2D eigenvalue weighted by Gasteiger charge is -2.20. The summed E-state index contributed by atoms with van der Waals surface area (Å²) in [5.74, 6) is 0.238. The molecule has 5 heteroatoms. The second-order valence-corrected chi connectivity index (χ2v) is 5.99. The van der Waals surface area contributed by atoms with Gasteiger partial charge in [-0.25, -0.2) is 0 Å². The van der Waals surface area contributed by atoms with Crippen molar-refractivity contribution in [1.29, 1.82) is 0 Å². The van der Waals surface area contributed by atoms with Gasteiger partial charge >= 0.3 is 0 Å². The van der Waals surface area contributed by atoms with Crippen molar-refractivity contribution in [2.75, 3.05) is 13.1 Å². The first kappa shape index (κ1) is 14.4. The highest BCUT2D eigenvalue weighted by Gasteiger charge is 2.16. The number of hydrogen-bond donors (Lipinski definition) is 0. The first-order valence-electron chi connectivity index (χ1n) is 7.63. The molecule has 1 fully saturated rings. The lowest BCUT2D eigenvalue weighted by atomic mass is 10.2. The van der Waals surface area contributed by atoms with Crippen molar-refractivity contribution < 1.29 is 4.79 Å². The highest BCUT2D eigenvalue weighted by Crippen LogP contribution is 2.23. The average Bonchev–Trinajstić information content (AvgIpc) is 2.72. The van der Waals surface area contributed by atoms with Gasteiger partial charge in [-0.05, 0) is 25.0 Å². The van der Waals surface area contributed by atoms with Crippen molar-refractivity contribution in [2.24, 2.45) is 0 Å². The smallest absolute Gasteiger partial charge is 0.224 e. The monoisotopic (exact) mass is 305 g/mol. The molecule has 0 radical (unpaired) electrons. The van der Waals surface area contributed by atoms with Gasteiger partial charge in [0.05, 0.1) is 23.3 Å². The molecular formula is C16H20ClN3O. The average molecular weight is 306 g/mol. The molecule has 0 N–H and O–H groups in total. The van der Waals surface area contributed by atoms with Gasteiger partial charge in [0, 0.05) is 24.9 Å². The number of hydrogen-bond acceptors (Lipinski definition) is 2. The van der Waals surface area contributed by atoms with E-state index in [1.54, 1.807) is 6.20 Å². The Balaban J connectivity index is 1.66. The number of amides is 1. The van der Waals surface area contributed by atoms with Crippen molar-refractivity contribution in [2.45, 2.75) is 38.6 Å². The molecule has 1 saturated heterocycles. The van der Waals surface area contributed by atoms with Crippen LogP contribution < -0.4 is 0 Å². The summed E-state index contributed by atoms with van der Waals surface area (Å²) >= 11 is 6.14. The molecule has 4 nitrogen and oxygen atoms in total. The molecule has 1 amide bonds. The van der Waals surface area contributed by atoms with E-state index in [4.69, 9.17) is 11.6 Å². The molecule has 3 rings (SSSR count). The maximum Gasteiger partial charge on any atom is 0.224 e. The summed E-state index contributed by atoms with van der Waals surface area (Å²) in [4.78, 5) is 14.3. The molecule has 1 aromatic carbocycles. The van der Waals surface area contributed by atoms with Crippen molar-refractivity contribution in [3.63, 3.8) is 0 Å². The molecule has 2 heterocycles. The Kier molecular flexibility index (Phi) is 4.44. The zero-order valence-corrected chi connectivity index (χ0v) is 12.9. The number of carbonyl (C=O) groups is 1. The van der Waals surface area contributed by atoms with Crippen LogP contribution in [0.1, 0.15) is 32.1 Å². The highest BCUT2D eigenvalue weighted by molar-refractivity contribution is 6.35. The fourth-order valence-electron chi connectivity index (χ4n) is 2.93. The van der Waals surface area contributed by atoms with Gasteiger partial charge in [0.1, 0.15) is 0 Å². The normalized spacial score (nSPS) is 16.1. The molecule has 112 valence electrons. The first-order valence-corrected chi connectivity index (χ1v) is 8.01. The van der Waals surface area contributed by atoms with Crippen molar-refractivity contribution in [1.82, 2.24) is 14.7 Å². The number of aromatic nitrogens is 2. The van der Waals surface area contributed by atoms with Crippen molar-refractivity contribution >= 4 is 28.4 Å². The maximum absolute atomic E-state index is 12.3. The van der Waals surface area contributed by atoms with Gasteiger partial charge < -0.3 is 4.90 Å². The lowest BCUT2D eigenvalue weighted by Crippen LogP contribution is -2.32. The number of aryl methyl sites for hydroxylation is 1. The second kappa shape index (κ2) is 6.48. The van der Waals surface area contributed by atoms with Gasteiger partial charge in [-0.15, -0.1) is 0 Å². The zero-order chi connectivity index (χ0) is 14.7. The van der Waals surface area contributed by atoms with Gasteiger partial charge in [-0.2, -0.15) is 5.10 Å². The van der Waals surface area contributed by atoms with Crippen LogP contribution in [-0.4, -0.2) is 33.7 Å². The standard InChI is InChI=1S/C16H20ClN3O/c17-14-6-5-7-15-13(14)12-18-20(15)11-8-16(21)19-9-3-1-2-4-10-19/h5-7,12H,1-4,8-11H2. The molecule has 1 aliphatic heterocycles. The molecule has 0 bridgehead atoms. The van der Waals surface area contributed by atoms with Gasteiger partial charge in [-0.1, -0.05) is 30.5 Å². The van der Waals surface area contributed by atoms with E-state index in [0.717, 1.165) is 36.8 Å². The number of halogens is 1. The van der Waals surface area contributed by atoms with E-state index >= 15 is 0 Å². The number of fused-ring (bicyclic) bond motifs is 1. The Morgan fingerprint density at radius 3 is 2.71 bits per heavy atom. The van der Waals surface area contributed by atoms with Gasteiger partial charge in [0.25, 0.3) is 0 Å². The Morgan fingerprint density at radius 2 is 1.95 bits per heavy atom. The van der Waals surface area contributed by atoms with Crippen LogP contribution in [0.15, 0.2) is 24.4 Å². The molecule has 21 heavy (non-hydrogen) atoms. The Morgan fingerprint density at radius 1 is 1.19 bits per heavy atom. The van der Waals surface area contributed by atoms with E-state index in [1.807, 2.05) is 27.8 Å². The topological polar surface area (TPSA) is 38.1 Å². The van der Waals surface area contributed by atoms with E-state index in [2.05, 4.69) is 5.10 Å². The van der Waals surface area contributed by atoms with Gasteiger partial charge in [-0.3, -0.25) is 9.48 Å². The SMILES string of the molecule is O=C(CCn1ncc2c(Cl)cccc21)N1CCCCCC1. The summed E-state index contributed by atoms with van der Waals surface area (Å²) in [6.45, 7) is 2.42. The number of likely N-dealkylation sites (tertiary alicyclic amines) is 1. The minimum Gasteiger partial charge on any atom is -0.343 e. The van der Waals surface area contributed by atoms with E-state index in [1.165, 1.54) is 12.8 Å². The summed E-state index contributed by atoms with van der Waals surface area (Å²) < 4.78 is 1.87. The van der Waals surface area contributed by atoms with Crippen LogP contribution in [0, 0.1) is 0 Å². The molecule has 2 aromatic rings. The second-order valence-electron chi connectivity index (χ2n) is 5.59. The van der Waals surface area contributed by atoms with Crippen LogP contribution in [0.5, 0.6) is 0 Å². The maximum atomic E-state index is 12.3. The fourth-order valence-corrected chi connectivity index (χ4v) is 3.14. The number of benzene rings is 1. The van der Waals surface area contributed by atoms with E-state index < -0.39 is 0 Å². The third-order valence-corrected chi connectivity index (χ3v) is 4.46. The minimum atomic E-state index is 0.238. The molecule has 1 aromatic heterocycles. The summed E-state index contributed by atoms with van der Waals surface area (Å²) in [6, 6.07) is 5.77. The summed E-state index contributed by atoms with van der Waals surface area (Å²) in [5, 5.41) is 6.01. The molecule has 0 saturated carbocycles. The summed E-state index contributed by atoms with van der Waals surface area (Å²) in [7, 11) is 0. The third-order valence-electron chi connectivity index (χ3n) is 4.13. The summed E-state index contributed by atoms with van der Waals surface area (Å²) in [5.41, 5.74) is 0.992. The highest BCUT2D eigenvalue weighted by atomic mass is 35.5. The Labute approximate surface area is 129 Å². The van der Waals surface area contributed by atoms with Gasteiger partial charge in [0.15, 0.2) is 0 Å². The molecule has 0 spiro atoms. The van der Waals surface area contributed by atoms with E-state index in [9.17, 15) is 4.79 Å². The predicted molar refractivity (Wildman–Crippen MR) is 84.4 cm³/mol. The predicted octanol–water partition coefficient (Wildman–Crippen LogP) is 3.48. The van der Waals surface area contributed by atoms with Crippen LogP contribution >= 0.6 is 11.6 Å². The van der Waals surface area contributed by atoms with Crippen molar-refractivity contribution in [3.05, 3.63) is 29.4 Å². The Bertz CT molecular complexity index is 629. The molecule has 0 unspecified atom stereocenters. The molecule has 0 atom stereocenters. The lowest BCUT2D eigenvalue weighted by molar-refractivity contribution is -0.131. The molecule has 1 aliphatic rings. The van der Waals surface area contributed by atoms with E-state index in [-0.39, 0.29) is 5.91 Å². The van der Waals surface area contributed by atoms with Crippen LogP contribution in [0.2, 0.25) is 5.02 Å². The van der Waals surface area contributed by atoms with Crippen LogP contribution in [0.25, 0.3) is 10.9 Å². The largest absolute Gasteiger partial charge is 0.343 e. The fraction of sp³-hybridized carbons (Fsp3) is 0.500. The van der Waals surface area contributed by atoms with Gasteiger partial charge in [0.2, 0.25) is 5.91 Å². The van der Waals surface area contributed by atoms with Crippen LogP contribution in [0.4, 0.5) is 0 Å². The first-order chi connectivity index (χ1) is 10.3.